The van der Waals surface area contributed by atoms with Gasteiger partial charge in [-0.1, -0.05) is 18.1 Å². The molecule has 0 unspecified atom stereocenters. The van der Waals surface area contributed by atoms with Crippen LogP contribution < -0.4 is 15.1 Å². The number of morpholine rings is 2. The Kier molecular flexibility index (Phi) is 6.32. The highest BCUT2D eigenvalue weighted by molar-refractivity contribution is 5.95. The van der Waals surface area contributed by atoms with E-state index in [-0.39, 0.29) is 31.3 Å². The van der Waals surface area contributed by atoms with Crippen molar-refractivity contribution in [2.24, 2.45) is 0 Å². The van der Waals surface area contributed by atoms with Crippen molar-refractivity contribution in [3.8, 4) is 23.6 Å². The third-order valence-electron chi connectivity index (χ3n) is 7.46. The van der Waals surface area contributed by atoms with E-state index in [2.05, 4.69) is 11.2 Å². The second kappa shape index (κ2) is 9.70. The van der Waals surface area contributed by atoms with Crippen molar-refractivity contribution in [2.75, 3.05) is 56.3 Å². The van der Waals surface area contributed by atoms with Gasteiger partial charge >= 0.3 is 0 Å². The summed E-state index contributed by atoms with van der Waals surface area (Å²) in [5.74, 6) is 0.885. The van der Waals surface area contributed by atoms with Gasteiger partial charge in [-0.25, -0.2) is 13.8 Å². The van der Waals surface area contributed by atoms with Crippen LogP contribution in [0.25, 0.3) is 22.3 Å². The summed E-state index contributed by atoms with van der Waals surface area (Å²) in [5, 5.41) is 3.35. The zero-order chi connectivity index (χ0) is 27.2. The Labute approximate surface area is 224 Å². The first-order valence-corrected chi connectivity index (χ1v) is 12.9. The van der Waals surface area contributed by atoms with Crippen LogP contribution in [0.5, 0.6) is 0 Å². The maximum atomic E-state index is 13.8. The van der Waals surface area contributed by atoms with Crippen LogP contribution in [0.3, 0.4) is 0 Å². The number of nitrogens with zero attached hydrogens (tertiary/aromatic N) is 5. The summed E-state index contributed by atoms with van der Waals surface area (Å²) in [7, 11) is 1.58. The normalized spacial score (nSPS) is 21.8. The standard InChI is InChI=1S/C28H28F2N6O3/c1-3-20-14-38-11-10-36(20)24-21-7-8-22(18-5-4-6-19(13-18)25(37)31-2)32-23(21)33-26(34-24)35-9-12-39-27(17-35)15-28(29,30)16-27/h1,4-8,13,20H,9-12,14-17H2,2H3,(H,31,37)/t20-/m0/s1. The lowest BCUT2D eigenvalue weighted by atomic mass is 9.75. The number of alkyl halides is 2. The molecule has 2 aromatic heterocycles. The topological polar surface area (TPSA) is 92.7 Å². The second-order valence-electron chi connectivity index (χ2n) is 10.2. The molecule has 39 heavy (non-hydrogen) atoms. The molecule has 1 spiro atoms. The smallest absolute Gasteiger partial charge is 0.253 e. The molecule has 2 saturated heterocycles. The average Bonchev–Trinajstić information content (AvgIpc) is 2.95. The largest absolute Gasteiger partial charge is 0.376 e. The summed E-state index contributed by atoms with van der Waals surface area (Å²) >= 11 is 0. The Bertz CT molecular complexity index is 1470. The number of amides is 1. The molecular weight excluding hydrogens is 506 g/mol. The number of hydrogen-bond acceptors (Lipinski definition) is 8. The van der Waals surface area contributed by atoms with Gasteiger partial charge in [-0.15, -0.1) is 6.42 Å². The number of hydrogen-bond donors (Lipinski definition) is 1. The summed E-state index contributed by atoms with van der Waals surface area (Å²) in [6, 6.07) is 10.6. The molecular formula is C28H28F2N6O3. The van der Waals surface area contributed by atoms with Crippen LogP contribution in [-0.4, -0.2) is 84.9 Å². The zero-order valence-corrected chi connectivity index (χ0v) is 21.5. The molecule has 3 fully saturated rings. The minimum absolute atomic E-state index is 0.194. The number of rotatable bonds is 4. The van der Waals surface area contributed by atoms with E-state index in [1.165, 1.54) is 0 Å². The summed E-state index contributed by atoms with van der Waals surface area (Å²) < 4.78 is 39.0. The number of carbonyl (C=O) groups is 1. The van der Waals surface area contributed by atoms with Crippen LogP contribution in [0, 0.1) is 12.3 Å². The van der Waals surface area contributed by atoms with Gasteiger partial charge in [0.1, 0.15) is 11.9 Å². The summed E-state index contributed by atoms with van der Waals surface area (Å²) in [6.07, 6.45) is 5.20. The lowest BCUT2D eigenvalue weighted by Gasteiger charge is -2.51. The minimum Gasteiger partial charge on any atom is -0.376 e. The predicted molar refractivity (Wildman–Crippen MR) is 142 cm³/mol. The Morgan fingerprint density at radius 3 is 2.77 bits per heavy atom. The van der Waals surface area contributed by atoms with Crippen molar-refractivity contribution in [2.45, 2.75) is 30.4 Å². The van der Waals surface area contributed by atoms with E-state index >= 15 is 0 Å². The van der Waals surface area contributed by atoms with Crippen molar-refractivity contribution in [1.82, 2.24) is 20.3 Å². The number of benzene rings is 1. The monoisotopic (exact) mass is 534 g/mol. The SMILES string of the molecule is C#C[C@H]1COCCN1c1nc(N2CCOC3(C2)CC(F)(F)C3)nc2nc(-c3cccc(C(=O)NC)c3)ccc12. The third-order valence-corrected chi connectivity index (χ3v) is 7.46. The maximum absolute atomic E-state index is 13.8. The van der Waals surface area contributed by atoms with Crippen molar-refractivity contribution in [3.63, 3.8) is 0 Å². The fourth-order valence-corrected chi connectivity index (χ4v) is 5.58. The van der Waals surface area contributed by atoms with Gasteiger partial charge in [-0.2, -0.15) is 9.97 Å². The number of ether oxygens (including phenoxy) is 2. The highest BCUT2D eigenvalue weighted by Crippen LogP contribution is 2.49. The summed E-state index contributed by atoms with van der Waals surface area (Å²) in [6.45, 7) is 2.43. The molecule has 4 heterocycles. The number of halogens is 2. The van der Waals surface area contributed by atoms with Gasteiger partial charge in [0.05, 0.1) is 43.0 Å². The van der Waals surface area contributed by atoms with Crippen molar-refractivity contribution in [3.05, 3.63) is 42.0 Å². The van der Waals surface area contributed by atoms with Gasteiger partial charge in [0.15, 0.2) is 5.65 Å². The van der Waals surface area contributed by atoms with Crippen LogP contribution in [0.1, 0.15) is 23.2 Å². The fourth-order valence-electron chi connectivity index (χ4n) is 5.58. The maximum Gasteiger partial charge on any atom is 0.253 e. The average molecular weight is 535 g/mol. The van der Waals surface area contributed by atoms with Gasteiger partial charge in [0, 0.05) is 44.1 Å². The van der Waals surface area contributed by atoms with Gasteiger partial charge < -0.3 is 24.6 Å². The first-order chi connectivity index (χ1) is 18.8. The first-order valence-electron chi connectivity index (χ1n) is 12.9. The van der Waals surface area contributed by atoms with Crippen LogP contribution in [0.15, 0.2) is 36.4 Å². The fraction of sp³-hybridized carbons (Fsp3) is 0.429. The Hall–Kier alpha value is -3.88. The first kappa shape index (κ1) is 25.4. The number of carbonyl (C=O) groups excluding carboxylic acids is 1. The molecule has 1 aromatic carbocycles. The molecule has 1 saturated carbocycles. The van der Waals surface area contributed by atoms with E-state index in [0.717, 1.165) is 5.56 Å². The van der Waals surface area contributed by atoms with Crippen LogP contribution >= 0.6 is 0 Å². The molecule has 1 N–H and O–H groups in total. The number of terminal acetylenes is 1. The molecule has 3 aromatic rings. The Balaban J connectivity index is 1.44. The highest BCUT2D eigenvalue weighted by Gasteiger charge is 2.59. The molecule has 0 radical (unpaired) electrons. The lowest BCUT2D eigenvalue weighted by Crippen LogP contribution is -2.63. The van der Waals surface area contributed by atoms with Crippen LogP contribution in [0.2, 0.25) is 0 Å². The van der Waals surface area contributed by atoms with E-state index < -0.39 is 11.5 Å². The van der Waals surface area contributed by atoms with Gasteiger partial charge in [-0.05, 0) is 24.3 Å². The highest BCUT2D eigenvalue weighted by atomic mass is 19.3. The molecule has 11 heteroatoms. The third kappa shape index (κ3) is 4.75. The Morgan fingerprint density at radius 2 is 2.00 bits per heavy atom. The van der Waals surface area contributed by atoms with Gasteiger partial charge in [0.2, 0.25) is 5.95 Å². The quantitative estimate of drug-likeness (QED) is 0.511. The molecule has 6 rings (SSSR count). The minimum atomic E-state index is -2.72. The second-order valence-corrected chi connectivity index (χ2v) is 10.2. The molecule has 1 amide bonds. The zero-order valence-electron chi connectivity index (χ0n) is 21.5. The molecule has 0 bridgehead atoms. The van der Waals surface area contributed by atoms with Crippen molar-refractivity contribution in [1.29, 1.82) is 0 Å². The summed E-state index contributed by atoms with van der Waals surface area (Å²) in [5.41, 5.74) is 1.45. The Morgan fingerprint density at radius 1 is 1.15 bits per heavy atom. The van der Waals surface area contributed by atoms with E-state index in [1.807, 2.05) is 28.0 Å². The van der Waals surface area contributed by atoms with Crippen molar-refractivity contribution < 1.29 is 23.0 Å². The number of nitrogens with one attached hydrogen (secondary N) is 1. The van der Waals surface area contributed by atoms with E-state index in [1.54, 1.807) is 25.2 Å². The van der Waals surface area contributed by atoms with E-state index in [4.69, 9.17) is 30.8 Å². The molecule has 202 valence electrons. The summed E-state index contributed by atoms with van der Waals surface area (Å²) in [4.78, 5) is 30.7. The van der Waals surface area contributed by atoms with Gasteiger partial charge in [-0.3, -0.25) is 4.79 Å². The molecule has 1 aliphatic carbocycles. The van der Waals surface area contributed by atoms with E-state index in [9.17, 15) is 13.6 Å². The predicted octanol–water partition coefficient (Wildman–Crippen LogP) is 2.89. The van der Waals surface area contributed by atoms with Crippen LogP contribution in [-0.2, 0) is 9.47 Å². The molecule has 1 atom stereocenters. The molecule has 2 aliphatic heterocycles. The lowest BCUT2D eigenvalue weighted by molar-refractivity contribution is -0.230. The number of aromatic nitrogens is 3. The number of anilines is 2. The van der Waals surface area contributed by atoms with Crippen molar-refractivity contribution >= 4 is 28.7 Å². The molecule has 3 aliphatic rings. The number of pyridine rings is 1. The number of fused-ring (bicyclic) bond motifs is 1. The van der Waals surface area contributed by atoms with E-state index in [0.29, 0.717) is 67.0 Å². The van der Waals surface area contributed by atoms with Crippen LogP contribution in [0.4, 0.5) is 20.5 Å². The van der Waals surface area contributed by atoms with Gasteiger partial charge in [0.25, 0.3) is 11.8 Å². The molecule has 9 nitrogen and oxygen atoms in total.